The number of pyridine rings is 1. The van der Waals surface area contributed by atoms with Gasteiger partial charge < -0.3 is 5.73 Å². The number of hydrogen-bond acceptors (Lipinski definition) is 6. The first-order valence-electron chi connectivity index (χ1n) is 10.1. The number of nitrogens with one attached hydrogen (secondary N) is 1. The minimum atomic E-state index is -3.19. The lowest BCUT2D eigenvalue weighted by molar-refractivity contribution is 0.316. The van der Waals surface area contributed by atoms with E-state index < -0.39 is 10.0 Å². The van der Waals surface area contributed by atoms with Crippen molar-refractivity contribution in [3.05, 3.63) is 54.5 Å². The smallest absolute Gasteiger partial charge is 0.240 e. The highest BCUT2D eigenvalue weighted by Gasteiger charge is 2.29. The van der Waals surface area contributed by atoms with Crippen molar-refractivity contribution >= 4 is 21.6 Å². The van der Waals surface area contributed by atoms with Crippen molar-refractivity contribution in [1.82, 2.24) is 29.1 Å². The fourth-order valence-electron chi connectivity index (χ4n) is 4.36. The quantitative estimate of drug-likeness (QED) is 0.506. The molecule has 0 amide bonds. The van der Waals surface area contributed by atoms with Crippen LogP contribution < -0.4 is 5.73 Å². The molecule has 4 heterocycles. The van der Waals surface area contributed by atoms with Gasteiger partial charge in [0.05, 0.1) is 12.5 Å². The molecule has 3 N–H and O–H groups in total. The van der Waals surface area contributed by atoms with E-state index in [1.807, 2.05) is 41.0 Å². The van der Waals surface area contributed by atoms with Crippen LogP contribution in [-0.2, 0) is 10.0 Å². The first-order valence-corrected chi connectivity index (χ1v) is 12.0. The molecule has 160 valence electrons. The minimum Gasteiger partial charge on any atom is -0.366 e. The summed E-state index contributed by atoms with van der Waals surface area (Å²) < 4.78 is 27.2. The number of aromatic nitrogens is 5. The highest BCUT2D eigenvalue weighted by molar-refractivity contribution is 7.88. The zero-order valence-corrected chi connectivity index (χ0v) is 17.9. The van der Waals surface area contributed by atoms with Crippen LogP contribution in [0.25, 0.3) is 27.9 Å². The Labute approximate surface area is 180 Å². The van der Waals surface area contributed by atoms with Gasteiger partial charge in [0.15, 0.2) is 5.65 Å². The summed E-state index contributed by atoms with van der Waals surface area (Å²) in [6.45, 7) is 0.966. The summed E-state index contributed by atoms with van der Waals surface area (Å²) in [5, 5.41) is 11.5. The summed E-state index contributed by atoms with van der Waals surface area (Å²) in [6.07, 6.45) is 6.31. The predicted octanol–water partition coefficient (Wildman–Crippen LogP) is 2.51. The number of fused-ring (bicyclic) bond motifs is 1. The van der Waals surface area contributed by atoms with Crippen molar-refractivity contribution in [2.75, 3.05) is 25.1 Å². The highest BCUT2D eigenvalue weighted by Crippen LogP contribution is 2.39. The van der Waals surface area contributed by atoms with Crippen LogP contribution in [-0.4, -0.2) is 56.9 Å². The number of nitrogens with two attached hydrogens (primary N) is 1. The van der Waals surface area contributed by atoms with Crippen LogP contribution in [0.5, 0.6) is 0 Å². The Morgan fingerprint density at radius 3 is 2.52 bits per heavy atom. The van der Waals surface area contributed by atoms with Crippen molar-refractivity contribution in [2.24, 2.45) is 0 Å². The number of piperidine rings is 1. The molecule has 0 aliphatic carbocycles. The normalized spacial score (nSPS) is 16.2. The molecule has 10 heteroatoms. The van der Waals surface area contributed by atoms with E-state index in [9.17, 15) is 8.42 Å². The molecule has 1 fully saturated rings. The van der Waals surface area contributed by atoms with Gasteiger partial charge in [-0.1, -0.05) is 30.3 Å². The van der Waals surface area contributed by atoms with Crippen molar-refractivity contribution in [2.45, 2.75) is 18.8 Å². The molecule has 4 aromatic rings. The number of sulfonamides is 1. The molecule has 0 spiro atoms. The number of rotatable bonds is 4. The number of benzene rings is 1. The summed E-state index contributed by atoms with van der Waals surface area (Å²) in [6, 6.07) is 12.1. The Kier molecular flexibility index (Phi) is 4.75. The fourth-order valence-corrected chi connectivity index (χ4v) is 5.23. The summed E-state index contributed by atoms with van der Waals surface area (Å²) in [7, 11) is -3.19. The van der Waals surface area contributed by atoms with E-state index in [-0.39, 0.29) is 11.9 Å². The molecule has 3 aromatic heterocycles. The van der Waals surface area contributed by atoms with Crippen molar-refractivity contribution in [1.29, 1.82) is 0 Å². The molecule has 9 nitrogen and oxygen atoms in total. The maximum Gasteiger partial charge on any atom is 0.240 e. The predicted molar refractivity (Wildman–Crippen MR) is 119 cm³/mol. The minimum absolute atomic E-state index is 0.136. The topological polar surface area (TPSA) is 122 Å². The molecule has 0 unspecified atom stereocenters. The van der Waals surface area contributed by atoms with Crippen LogP contribution in [0, 0.1) is 0 Å². The Hall–Kier alpha value is -3.24. The Morgan fingerprint density at radius 2 is 1.87 bits per heavy atom. The van der Waals surface area contributed by atoms with E-state index in [4.69, 9.17) is 5.73 Å². The Morgan fingerprint density at radius 1 is 1.13 bits per heavy atom. The molecule has 5 rings (SSSR count). The summed E-state index contributed by atoms with van der Waals surface area (Å²) in [5.41, 5.74) is 11.6. The average molecular weight is 438 g/mol. The third-order valence-electron chi connectivity index (χ3n) is 5.87. The molecule has 31 heavy (non-hydrogen) atoms. The van der Waals surface area contributed by atoms with Gasteiger partial charge in [-0.2, -0.15) is 10.1 Å². The van der Waals surface area contributed by atoms with Crippen molar-refractivity contribution < 1.29 is 8.42 Å². The standard InChI is InChI=1S/C21H23N7O2S/c1-31(29,30)27-9-7-14(8-10-27)18-11-17(16-12-23-24-13-16)19(15-5-3-2-4-6-15)20-25-21(22)26-28(18)20/h2-6,11-14H,7-10H2,1H3,(H2,22,26)(H,23,24). The van der Waals surface area contributed by atoms with E-state index in [1.165, 1.54) is 10.6 Å². The van der Waals surface area contributed by atoms with Gasteiger partial charge in [-0.25, -0.2) is 17.2 Å². The number of aromatic amines is 1. The van der Waals surface area contributed by atoms with Gasteiger partial charge in [-0.15, -0.1) is 5.10 Å². The Balaban J connectivity index is 1.69. The summed E-state index contributed by atoms with van der Waals surface area (Å²) in [4.78, 5) is 4.56. The van der Waals surface area contributed by atoms with Gasteiger partial charge in [-0.05, 0) is 30.0 Å². The average Bonchev–Trinajstić information content (AvgIpc) is 3.42. The van der Waals surface area contributed by atoms with Crippen LogP contribution in [0.2, 0.25) is 0 Å². The van der Waals surface area contributed by atoms with E-state index in [0.717, 1.165) is 27.9 Å². The maximum absolute atomic E-state index is 11.9. The number of hydrogen-bond donors (Lipinski definition) is 2. The third-order valence-corrected chi connectivity index (χ3v) is 7.17. The molecule has 0 radical (unpaired) electrons. The van der Waals surface area contributed by atoms with Gasteiger partial charge in [0, 0.05) is 42.0 Å². The third kappa shape index (κ3) is 3.57. The van der Waals surface area contributed by atoms with Crippen LogP contribution in [0.1, 0.15) is 24.5 Å². The van der Waals surface area contributed by atoms with Gasteiger partial charge >= 0.3 is 0 Å². The van der Waals surface area contributed by atoms with Gasteiger partial charge in [0.25, 0.3) is 0 Å². The SMILES string of the molecule is CS(=O)(=O)N1CCC(c2cc(-c3cn[nH]c3)c(-c3ccccc3)c3nc(N)nn23)CC1. The molecule has 1 aliphatic rings. The van der Waals surface area contributed by atoms with Crippen LogP contribution in [0.15, 0.2) is 48.8 Å². The molecular formula is C21H23N7O2S. The lowest BCUT2D eigenvalue weighted by Gasteiger charge is -2.30. The second-order valence-corrected chi connectivity index (χ2v) is 9.84. The maximum atomic E-state index is 11.9. The first-order chi connectivity index (χ1) is 14.9. The van der Waals surface area contributed by atoms with Gasteiger partial charge in [-0.3, -0.25) is 5.10 Å². The van der Waals surface area contributed by atoms with Gasteiger partial charge in [0.2, 0.25) is 16.0 Å². The molecule has 1 aliphatic heterocycles. The zero-order chi connectivity index (χ0) is 21.6. The number of anilines is 1. The summed E-state index contributed by atoms with van der Waals surface area (Å²) in [5.74, 6) is 0.341. The van der Waals surface area contributed by atoms with Gasteiger partial charge in [0.1, 0.15) is 0 Å². The Bertz CT molecular complexity index is 1320. The number of nitrogens with zero attached hydrogens (tertiary/aromatic N) is 5. The fraction of sp³-hybridized carbons (Fsp3) is 0.286. The highest BCUT2D eigenvalue weighted by atomic mass is 32.2. The lowest BCUT2D eigenvalue weighted by Crippen LogP contribution is -2.37. The number of nitrogen functional groups attached to an aromatic ring is 1. The zero-order valence-electron chi connectivity index (χ0n) is 17.1. The van der Waals surface area contributed by atoms with E-state index in [0.29, 0.717) is 31.6 Å². The molecule has 0 atom stereocenters. The van der Waals surface area contributed by atoms with Crippen LogP contribution in [0.3, 0.4) is 0 Å². The van der Waals surface area contributed by atoms with Crippen LogP contribution in [0.4, 0.5) is 5.95 Å². The van der Waals surface area contributed by atoms with Crippen LogP contribution >= 0.6 is 0 Å². The molecule has 0 bridgehead atoms. The van der Waals surface area contributed by atoms with E-state index in [1.54, 1.807) is 6.20 Å². The van der Waals surface area contributed by atoms with Crippen molar-refractivity contribution in [3.8, 4) is 22.3 Å². The molecule has 0 saturated carbocycles. The molecule has 1 saturated heterocycles. The lowest BCUT2D eigenvalue weighted by atomic mass is 9.90. The summed E-state index contributed by atoms with van der Waals surface area (Å²) >= 11 is 0. The first kappa shape index (κ1) is 19.7. The number of H-pyrrole nitrogens is 1. The second-order valence-electron chi connectivity index (χ2n) is 7.85. The van der Waals surface area contributed by atoms with E-state index in [2.05, 4.69) is 26.3 Å². The second kappa shape index (κ2) is 7.47. The van der Waals surface area contributed by atoms with E-state index >= 15 is 0 Å². The monoisotopic (exact) mass is 437 g/mol. The molecular weight excluding hydrogens is 414 g/mol. The molecule has 1 aromatic carbocycles. The van der Waals surface area contributed by atoms with Crippen molar-refractivity contribution in [3.63, 3.8) is 0 Å². The largest absolute Gasteiger partial charge is 0.366 e.